The highest BCUT2D eigenvalue weighted by Crippen LogP contribution is 2.09. The Hall–Kier alpha value is -0.890. The van der Waals surface area contributed by atoms with Crippen molar-refractivity contribution in [1.29, 1.82) is 0 Å². The number of hydrogen-bond acceptors (Lipinski definition) is 2. The molecule has 78 valence electrons. The van der Waals surface area contributed by atoms with E-state index in [1.807, 2.05) is 26.1 Å². The van der Waals surface area contributed by atoms with Gasteiger partial charge in [0.25, 0.3) is 0 Å². The van der Waals surface area contributed by atoms with Crippen LogP contribution in [0.3, 0.4) is 0 Å². The zero-order chi connectivity index (χ0) is 10.6. The fourth-order valence-electron chi connectivity index (χ4n) is 1.23. The van der Waals surface area contributed by atoms with Crippen molar-refractivity contribution in [2.75, 3.05) is 0 Å². The molecule has 14 heavy (non-hydrogen) atoms. The van der Waals surface area contributed by atoms with Gasteiger partial charge in [-0.25, -0.2) is 0 Å². The lowest BCUT2D eigenvalue weighted by molar-refractivity contribution is 0.124. The van der Waals surface area contributed by atoms with Crippen LogP contribution in [-0.2, 0) is 12.8 Å². The van der Waals surface area contributed by atoms with Crippen LogP contribution in [0.1, 0.15) is 32.0 Å². The van der Waals surface area contributed by atoms with Crippen molar-refractivity contribution in [2.45, 2.75) is 39.7 Å². The van der Waals surface area contributed by atoms with Crippen LogP contribution in [0, 0.1) is 5.92 Å². The Morgan fingerprint density at radius 3 is 2.50 bits per heavy atom. The van der Waals surface area contributed by atoms with Crippen molar-refractivity contribution in [1.82, 2.24) is 4.98 Å². The molecule has 0 saturated carbocycles. The molecular weight excluding hydrogens is 174 g/mol. The molecule has 1 heterocycles. The van der Waals surface area contributed by atoms with Crippen LogP contribution in [0.25, 0.3) is 0 Å². The van der Waals surface area contributed by atoms with E-state index in [0.717, 1.165) is 12.1 Å². The summed E-state index contributed by atoms with van der Waals surface area (Å²) < 4.78 is 0. The maximum atomic E-state index is 9.67. The first kappa shape index (κ1) is 11.2. The van der Waals surface area contributed by atoms with Crippen molar-refractivity contribution >= 4 is 0 Å². The van der Waals surface area contributed by atoms with E-state index in [-0.39, 0.29) is 6.10 Å². The number of rotatable bonds is 4. The summed E-state index contributed by atoms with van der Waals surface area (Å²) in [6, 6.07) is 4.08. The SMILES string of the molecule is CCc1ccc(CC(O)C(C)C)nc1. The summed E-state index contributed by atoms with van der Waals surface area (Å²) in [5.41, 5.74) is 2.22. The number of pyridine rings is 1. The van der Waals surface area contributed by atoms with E-state index in [1.165, 1.54) is 5.56 Å². The molecular formula is C12H19NO. The molecule has 0 bridgehead atoms. The van der Waals surface area contributed by atoms with Gasteiger partial charge in [-0.3, -0.25) is 4.98 Å². The second kappa shape index (κ2) is 5.11. The molecule has 2 nitrogen and oxygen atoms in total. The molecule has 1 atom stereocenters. The number of aryl methyl sites for hydroxylation is 1. The Bertz CT molecular complexity index is 266. The molecule has 0 radical (unpaired) electrons. The van der Waals surface area contributed by atoms with Crippen LogP contribution in [0.2, 0.25) is 0 Å². The predicted molar refractivity (Wildman–Crippen MR) is 58.2 cm³/mol. The van der Waals surface area contributed by atoms with Crippen LogP contribution < -0.4 is 0 Å². The number of aliphatic hydroxyl groups is 1. The maximum Gasteiger partial charge on any atom is 0.0618 e. The van der Waals surface area contributed by atoms with Crippen LogP contribution in [-0.4, -0.2) is 16.2 Å². The molecule has 0 aromatic carbocycles. The molecule has 0 spiro atoms. The summed E-state index contributed by atoms with van der Waals surface area (Å²) in [7, 11) is 0. The molecule has 0 aliphatic heterocycles. The molecule has 1 unspecified atom stereocenters. The van der Waals surface area contributed by atoms with Gasteiger partial charge in [0.1, 0.15) is 0 Å². The molecule has 0 aliphatic rings. The Labute approximate surface area is 86.0 Å². The van der Waals surface area contributed by atoms with Gasteiger partial charge in [0.15, 0.2) is 0 Å². The maximum absolute atomic E-state index is 9.67. The Morgan fingerprint density at radius 1 is 1.36 bits per heavy atom. The molecule has 2 heteroatoms. The molecule has 0 amide bonds. The highest BCUT2D eigenvalue weighted by Gasteiger charge is 2.10. The number of aliphatic hydroxyl groups excluding tert-OH is 1. The minimum absolute atomic E-state index is 0.282. The lowest BCUT2D eigenvalue weighted by atomic mass is 10.0. The van der Waals surface area contributed by atoms with Gasteiger partial charge in [-0.2, -0.15) is 0 Å². The summed E-state index contributed by atoms with van der Waals surface area (Å²) in [4.78, 5) is 4.31. The van der Waals surface area contributed by atoms with E-state index >= 15 is 0 Å². The van der Waals surface area contributed by atoms with Crippen molar-refractivity contribution in [3.63, 3.8) is 0 Å². The molecule has 1 aromatic heterocycles. The van der Waals surface area contributed by atoms with Crippen LogP contribution in [0.4, 0.5) is 0 Å². The van der Waals surface area contributed by atoms with E-state index in [4.69, 9.17) is 0 Å². The number of aromatic nitrogens is 1. The van der Waals surface area contributed by atoms with Crippen molar-refractivity contribution in [2.24, 2.45) is 5.92 Å². The standard InChI is InChI=1S/C12H19NO/c1-4-10-5-6-11(13-8-10)7-12(14)9(2)3/h5-6,8-9,12,14H,4,7H2,1-3H3. The second-order valence-corrected chi connectivity index (χ2v) is 4.03. The highest BCUT2D eigenvalue weighted by atomic mass is 16.3. The Morgan fingerprint density at radius 2 is 2.07 bits per heavy atom. The summed E-state index contributed by atoms with van der Waals surface area (Å²) >= 11 is 0. The van der Waals surface area contributed by atoms with Gasteiger partial charge in [0.05, 0.1) is 6.10 Å². The van der Waals surface area contributed by atoms with Gasteiger partial charge in [-0.1, -0.05) is 26.8 Å². The third-order valence-corrected chi connectivity index (χ3v) is 2.48. The average molecular weight is 193 g/mol. The second-order valence-electron chi connectivity index (χ2n) is 4.03. The normalized spacial score (nSPS) is 13.2. The molecule has 0 saturated heterocycles. The summed E-state index contributed by atoms with van der Waals surface area (Å²) in [5.74, 6) is 0.294. The third-order valence-electron chi connectivity index (χ3n) is 2.48. The van der Waals surface area contributed by atoms with E-state index in [0.29, 0.717) is 12.3 Å². The van der Waals surface area contributed by atoms with E-state index < -0.39 is 0 Å². The quantitative estimate of drug-likeness (QED) is 0.795. The molecule has 1 rings (SSSR count). The van der Waals surface area contributed by atoms with Gasteiger partial charge in [0, 0.05) is 18.3 Å². The molecule has 1 aromatic rings. The minimum Gasteiger partial charge on any atom is -0.392 e. The van der Waals surface area contributed by atoms with Gasteiger partial charge in [-0.05, 0) is 24.0 Å². The van der Waals surface area contributed by atoms with Crippen molar-refractivity contribution in [3.05, 3.63) is 29.6 Å². The number of hydrogen-bond donors (Lipinski definition) is 1. The van der Waals surface area contributed by atoms with Crippen molar-refractivity contribution in [3.8, 4) is 0 Å². The predicted octanol–water partition coefficient (Wildman–Crippen LogP) is 2.20. The Balaban J connectivity index is 2.59. The zero-order valence-electron chi connectivity index (χ0n) is 9.20. The highest BCUT2D eigenvalue weighted by molar-refractivity contribution is 5.14. The van der Waals surface area contributed by atoms with E-state index in [1.54, 1.807) is 0 Å². The molecule has 1 N–H and O–H groups in total. The van der Waals surface area contributed by atoms with Crippen LogP contribution in [0.15, 0.2) is 18.3 Å². The first-order valence-corrected chi connectivity index (χ1v) is 5.25. The minimum atomic E-state index is -0.282. The fourth-order valence-corrected chi connectivity index (χ4v) is 1.23. The smallest absolute Gasteiger partial charge is 0.0618 e. The lowest BCUT2D eigenvalue weighted by Crippen LogP contribution is -2.18. The Kier molecular flexibility index (Phi) is 4.08. The molecule has 0 fully saturated rings. The fraction of sp³-hybridized carbons (Fsp3) is 0.583. The largest absolute Gasteiger partial charge is 0.392 e. The third kappa shape index (κ3) is 3.11. The van der Waals surface area contributed by atoms with Gasteiger partial charge < -0.3 is 5.11 Å². The summed E-state index contributed by atoms with van der Waals surface area (Å²) in [6.07, 6.45) is 3.28. The van der Waals surface area contributed by atoms with E-state index in [2.05, 4.69) is 18.0 Å². The van der Waals surface area contributed by atoms with E-state index in [9.17, 15) is 5.11 Å². The first-order valence-electron chi connectivity index (χ1n) is 5.25. The van der Waals surface area contributed by atoms with Gasteiger partial charge in [-0.15, -0.1) is 0 Å². The van der Waals surface area contributed by atoms with Gasteiger partial charge >= 0.3 is 0 Å². The molecule has 0 aliphatic carbocycles. The topological polar surface area (TPSA) is 33.1 Å². The lowest BCUT2D eigenvalue weighted by Gasteiger charge is -2.13. The van der Waals surface area contributed by atoms with Crippen molar-refractivity contribution < 1.29 is 5.11 Å². The summed E-state index contributed by atoms with van der Waals surface area (Å²) in [6.45, 7) is 6.15. The summed E-state index contributed by atoms with van der Waals surface area (Å²) in [5, 5.41) is 9.67. The zero-order valence-corrected chi connectivity index (χ0v) is 9.20. The van der Waals surface area contributed by atoms with Crippen LogP contribution >= 0.6 is 0 Å². The number of nitrogens with zero attached hydrogens (tertiary/aromatic N) is 1. The van der Waals surface area contributed by atoms with Crippen LogP contribution in [0.5, 0.6) is 0 Å². The monoisotopic (exact) mass is 193 g/mol. The average Bonchev–Trinajstić information content (AvgIpc) is 2.19. The van der Waals surface area contributed by atoms with Gasteiger partial charge in [0.2, 0.25) is 0 Å². The first-order chi connectivity index (χ1) is 6.63.